The van der Waals surface area contributed by atoms with Gasteiger partial charge in [-0.1, -0.05) is 29.8 Å². The molecule has 0 radical (unpaired) electrons. The molecule has 0 spiro atoms. The summed E-state index contributed by atoms with van der Waals surface area (Å²) < 4.78 is 0. The van der Waals surface area contributed by atoms with Crippen molar-refractivity contribution in [2.45, 2.75) is 0 Å². The fourth-order valence-corrected chi connectivity index (χ4v) is 3.27. The van der Waals surface area contributed by atoms with Crippen LogP contribution in [0.5, 0.6) is 0 Å². The first-order valence-electron chi connectivity index (χ1n) is 6.47. The first-order chi connectivity index (χ1) is 9.74. The van der Waals surface area contributed by atoms with E-state index < -0.39 is 0 Å². The van der Waals surface area contributed by atoms with E-state index in [0.29, 0.717) is 9.93 Å². The topological polar surface area (TPSA) is 44.7 Å². The van der Waals surface area contributed by atoms with Gasteiger partial charge in [0.25, 0.3) is 5.91 Å². The van der Waals surface area contributed by atoms with Crippen molar-refractivity contribution in [1.29, 1.82) is 0 Å². The number of aliphatic imine (C=N–C) groups is 1. The van der Waals surface area contributed by atoms with Crippen LogP contribution >= 0.6 is 23.4 Å². The molecule has 1 aromatic carbocycles. The Morgan fingerprint density at radius 2 is 2.05 bits per heavy atom. The average Bonchev–Trinajstić information content (AvgIpc) is 2.84. The summed E-state index contributed by atoms with van der Waals surface area (Å²) in [5.41, 5.74) is 0.849. The van der Waals surface area contributed by atoms with E-state index >= 15 is 0 Å². The highest BCUT2D eigenvalue weighted by Gasteiger charge is 2.26. The predicted octanol–water partition coefficient (Wildman–Crippen LogP) is 2.22. The maximum Gasteiger partial charge on any atom is 0.286 e. The van der Waals surface area contributed by atoms with Gasteiger partial charge in [-0.05, 0) is 29.5 Å². The lowest BCUT2D eigenvalue weighted by atomic mass is 10.2. The number of piperazine rings is 1. The van der Waals surface area contributed by atoms with E-state index in [2.05, 4.69) is 15.2 Å². The number of amidine groups is 1. The summed E-state index contributed by atoms with van der Waals surface area (Å²) in [5, 5.41) is 4.73. The molecule has 0 saturated carbocycles. The number of carbonyl (C=O) groups is 1. The molecule has 4 nitrogen and oxygen atoms in total. The SMILES string of the molecule is O=C1N=C(N2CCNCC2)S/C1=C\c1ccccc1Cl. The second-order valence-corrected chi connectivity index (χ2v) is 5.99. The molecule has 20 heavy (non-hydrogen) atoms. The van der Waals surface area contributed by atoms with Gasteiger partial charge in [-0.15, -0.1) is 0 Å². The number of thioether (sulfide) groups is 1. The van der Waals surface area contributed by atoms with E-state index in [1.165, 1.54) is 11.8 Å². The van der Waals surface area contributed by atoms with Gasteiger partial charge < -0.3 is 10.2 Å². The summed E-state index contributed by atoms with van der Waals surface area (Å²) in [7, 11) is 0. The van der Waals surface area contributed by atoms with Crippen LogP contribution in [-0.2, 0) is 4.79 Å². The van der Waals surface area contributed by atoms with Crippen LogP contribution in [0.4, 0.5) is 0 Å². The number of halogens is 1. The molecule has 1 N–H and O–H groups in total. The number of nitrogens with one attached hydrogen (secondary N) is 1. The Hall–Kier alpha value is -1.30. The lowest BCUT2D eigenvalue weighted by Gasteiger charge is -2.27. The summed E-state index contributed by atoms with van der Waals surface area (Å²) in [6, 6.07) is 7.49. The minimum atomic E-state index is -0.177. The molecule has 0 unspecified atom stereocenters. The average molecular weight is 308 g/mol. The summed E-state index contributed by atoms with van der Waals surface area (Å²) in [5.74, 6) is -0.177. The van der Waals surface area contributed by atoms with Crippen LogP contribution in [0.25, 0.3) is 6.08 Å². The normalized spacial score (nSPS) is 21.4. The van der Waals surface area contributed by atoms with Crippen molar-refractivity contribution in [2.24, 2.45) is 4.99 Å². The van der Waals surface area contributed by atoms with Gasteiger partial charge in [0.15, 0.2) is 5.17 Å². The van der Waals surface area contributed by atoms with Gasteiger partial charge in [0.05, 0.1) is 4.91 Å². The molecule has 6 heteroatoms. The molecular formula is C14H14ClN3OS. The molecule has 0 aromatic heterocycles. The molecule has 1 saturated heterocycles. The van der Waals surface area contributed by atoms with E-state index in [9.17, 15) is 4.79 Å². The molecule has 0 bridgehead atoms. The van der Waals surface area contributed by atoms with E-state index in [0.717, 1.165) is 36.9 Å². The van der Waals surface area contributed by atoms with Gasteiger partial charge in [-0.3, -0.25) is 4.79 Å². The van der Waals surface area contributed by atoms with Gasteiger partial charge in [-0.2, -0.15) is 4.99 Å². The zero-order valence-electron chi connectivity index (χ0n) is 10.8. The van der Waals surface area contributed by atoms with Gasteiger partial charge in [0, 0.05) is 31.2 Å². The van der Waals surface area contributed by atoms with E-state index in [4.69, 9.17) is 11.6 Å². The van der Waals surface area contributed by atoms with Gasteiger partial charge in [0.2, 0.25) is 0 Å². The van der Waals surface area contributed by atoms with Crippen molar-refractivity contribution in [2.75, 3.05) is 26.2 Å². The monoisotopic (exact) mass is 307 g/mol. The fourth-order valence-electron chi connectivity index (χ4n) is 2.12. The largest absolute Gasteiger partial charge is 0.348 e. The number of carbonyl (C=O) groups excluding carboxylic acids is 1. The number of hydrogen-bond acceptors (Lipinski definition) is 4. The molecule has 1 fully saturated rings. The second kappa shape index (κ2) is 5.99. The van der Waals surface area contributed by atoms with Crippen LogP contribution in [0.1, 0.15) is 5.56 Å². The quantitative estimate of drug-likeness (QED) is 0.808. The number of nitrogens with zero attached hydrogens (tertiary/aromatic N) is 2. The summed E-state index contributed by atoms with van der Waals surface area (Å²) in [6.07, 6.45) is 1.81. The van der Waals surface area contributed by atoms with Gasteiger partial charge in [0.1, 0.15) is 0 Å². The highest BCUT2D eigenvalue weighted by Crippen LogP contribution is 2.31. The van der Waals surface area contributed by atoms with E-state index in [1.54, 1.807) is 0 Å². The summed E-state index contributed by atoms with van der Waals surface area (Å²) in [6.45, 7) is 3.63. The number of hydrogen-bond donors (Lipinski definition) is 1. The van der Waals surface area contributed by atoms with Gasteiger partial charge >= 0.3 is 0 Å². The Labute approximate surface area is 126 Å². The Morgan fingerprint density at radius 3 is 2.80 bits per heavy atom. The molecule has 1 amide bonds. The first-order valence-corrected chi connectivity index (χ1v) is 7.66. The molecule has 0 aliphatic carbocycles. The molecule has 3 rings (SSSR count). The lowest BCUT2D eigenvalue weighted by molar-refractivity contribution is -0.113. The Bertz CT molecular complexity index is 594. The van der Waals surface area contributed by atoms with Crippen LogP contribution in [0.3, 0.4) is 0 Å². The molecule has 2 heterocycles. The number of benzene rings is 1. The lowest BCUT2D eigenvalue weighted by Crippen LogP contribution is -2.45. The van der Waals surface area contributed by atoms with Crippen molar-refractivity contribution in [3.05, 3.63) is 39.8 Å². The molecule has 104 valence electrons. The maximum absolute atomic E-state index is 12.0. The molecular weight excluding hydrogens is 294 g/mol. The van der Waals surface area contributed by atoms with Crippen molar-refractivity contribution in [3.63, 3.8) is 0 Å². The van der Waals surface area contributed by atoms with Crippen molar-refractivity contribution in [3.8, 4) is 0 Å². The summed E-state index contributed by atoms with van der Waals surface area (Å²) >= 11 is 7.54. The third kappa shape index (κ3) is 2.90. The maximum atomic E-state index is 12.0. The van der Waals surface area contributed by atoms with Gasteiger partial charge in [-0.25, -0.2) is 0 Å². The minimum Gasteiger partial charge on any atom is -0.348 e. The Kier molecular flexibility index (Phi) is 4.10. The zero-order chi connectivity index (χ0) is 13.9. The van der Waals surface area contributed by atoms with E-state index in [1.807, 2.05) is 30.3 Å². The highest BCUT2D eigenvalue weighted by molar-refractivity contribution is 8.18. The van der Waals surface area contributed by atoms with Crippen LogP contribution in [0.2, 0.25) is 5.02 Å². The predicted molar refractivity (Wildman–Crippen MR) is 83.9 cm³/mol. The first kappa shape index (κ1) is 13.7. The van der Waals surface area contributed by atoms with Crippen LogP contribution < -0.4 is 5.32 Å². The molecule has 2 aliphatic rings. The smallest absolute Gasteiger partial charge is 0.286 e. The third-order valence-corrected chi connectivity index (χ3v) is 4.58. The van der Waals surface area contributed by atoms with E-state index in [-0.39, 0.29) is 5.91 Å². The Balaban J connectivity index is 1.78. The van der Waals surface area contributed by atoms with Crippen molar-refractivity contribution >= 4 is 40.5 Å². The molecule has 0 atom stereocenters. The minimum absolute atomic E-state index is 0.177. The molecule has 2 aliphatic heterocycles. The number of amides is 1. The summed E-state index contributed by atoms with van der Waals surface area (Å²) in [4.78, 5) is 18.9. The number of rotatable bonds is 1. The Morgan fingerprint density at radius 1 is 1.30 bits per heavy atom. The molecule has 1 aromatic rings. The van der Waals surface area contributed by atoms with Crippen molar-refractivity contribution < 1.29 is 4.79 Å². The highest BCUT2D eigenvalue weighted by atomic mass is 35.5. The van der Waals surface area contributed by atoms with Crippen LogP contribution in [0.15, 0.2) is 34.2 Å². The zero-order valence-corrected chi connectivity index (χ0v) is 12.4. The fraction of sp³-hybridized carbons (Fsp3) is 0.286. The third-order valence-electron chi connectivity index (χ3n) is 3.19. The van der Waals surface area contributed by atoms with Crippen LogP contribution in [0, 0.1) is 0 Å². The van der Waals surface area contributed by atoms with Crippen LogP contribution in [-0.4, -0.2) is 42.2 Å². The van der Waals surface area contributed by atoms with Crippen molar-refractivity contribution in [1.82, 2.24) is 10.2 Å². The standard InChI is InChI=1S/C14H14ClN3OS/c15-11-4-2-1-3-10(11)9-12-13(19)17-14(20-12)18-7-5-16-6-8-18/h1-4,9,16H,5-8H2/b12-9-. The second-order valence-electron chi connectivity index (χ2n) is 4.57.